The molecule has 4 nitrogen and oxygen atoms in total. The van der Waals surface area contributed by atoms with Crippen LogP contribution in [0.4, 0.5) is 0 Å². The fourth-order valence-electron chi connectivity index (χ4n) is 1.03. The van der Waals surface area contributed by atoms with E-state index in [9.17, 15) is 8.42 Å². The van der Waals surface area contributed by atoms with E-state index in [1.54, 1.807) is 12.1 Å². The van der Waals surface area contributed by atoms with Gasteiger partial charge < -0.3 is 4.98 Å². The zero-order valence-corrected chi connectivity index (χ0v) is 6.91. The Bertz CT molecular complexity index is 446. The molecule has 2 aromatic rings. The Morgan fingerprint density at radius 3 is 2.67 bits per heavy atom. The monoisotopic (exact) mass is 182 g/mol. The van der Waals surface area contributed by atoms with Crippen LogP contribution in [0, 0.1) is 0 Å². The second-order valence-corrected chi connectivity index (χ2v) is 3.27. The summed E-state index contributed by atoms with van der Waals surface area (Å²) in [6.07, 6.45) is 0. The molecule has 1 aromatic heterocycles. The van der Waals surface area contributed by atoms with E-state index in [1.165, 1.54) is 0 Å². The van der Waals surface area contributed by atoms with Crippen LogP contribution in [-0.4, -0.2) is 18.4 Å². The summed E-state index contributed by atoms with van der Waals surface area (Å²) in [7, 11) is -2.61. The lowest BCUT2D eigenvalue weighted by molar-refractivity contribution is 0.608. The number of imidazole rings is 1. The molecule has 0 aliphatic rings. The van der Waals surface area contributed by atoms with Gasteiger partial charge in [0.2, 0.25) is 15.9 Å². The van der Waals surface area contributed by atoms with Crippen molar-refractivity contribution in [2.24, 2.45) is 0 Å². The largest absolute Gasteiger partial charge is 0.329 e. The van der Waals surface area contributed by atoms with Crippen molar-refractivity contribution in [1.82, 2.24) is 9.97 Å². The number of para-hydroxylation sites is 2. The van der Waals surface area contributed by atoms with Crippen molar-refractivity contribution in [1.29, 1.82) is 0 Å². The third kappa shape index (κ3) is 1.08. The number of benzene rings is 1. The van der Waals surface area contributed by atoms with E-state index in [-0.39, 0.29) is 5.16 Å². The Kier molecular flexibility index (Phi) is 1.58. The Morgan fingerprint density at radius 1 is 1.25 bits per heavy atom. The fraction of sp³-hybridized carbons (Fsp3) is 0. The molecule has 62 valence electrons. The highest BCUT2D eigenvalue weighted by Gasteiger charge is 2.01. The molecule has 0 bridgehead atoms. The lowest BCUT2D eigenvalue weighted by Crippen LogP contribution is -1.80. The summed E-state index contributed by atoms with van der Waals surface area (Å²) in [5.74, 6) is 0. The molecule has 0 atom stereocenters. The number of nitrogens with zero attached hydrogens (tertiary/aromatic N) is 1. The zero-order chi connectivity index (χ0) is 8.55. The van der Waals surface area contributed by atoms with Gasteiger partial charge in [0.25, 0.3) is 0 Å². The first kappa shape index (κ1) is 7.30. The minimum Gasteiger partial charge on any atom is -0.329 e. The number of nitrogens with one attached hydrogen (secondary N) is 1. The molecule has 2 rings (SSSR count). The van der Waals surface area contributed by atoms with Gasteiger partial charge in [-0.1, -0.05) is 12.1 Å². The van der Waals surface area contributed by atoms with E-state index in [0.29, 0.717) is 5.52 Å². The molecule has 0 saturated heterocycles. The summed E-state index contributed by atoms with van der Waals surface area (Å²) in [4.78, 5) is 6.55. The molecule has 0 amide bonds. The molecule has 0 unspecified atom stereocenters. The van der Waals surface area contributed by atoms with Crippen molar-refractivity contribution in [3.05, 3.63) is 24.3 Å². The van der Waals surface area contributed by atoms with Crippen LogP contribution >= 0.6 is 0 Å². The Balaban J connectivity index is 2.78. The summed E-state index contributed by atoms with van der Waals surface area (Å²) >= 11 is 0. The summed E-state index contributed by atoms with van der Waals surface area (Å²) in [6.45, 7) is 0. The van der Waals surface area contributed by atoms with Gasteiger partial charge in [0.1, 0.15) is 0 Å². The van der Waals surface area contributed by atoms with Crippen LogP contribution in [0.2, 0.25) is 0 Å². The summed E-state index contributed by atoms with van der Waals surface area (Å²) in [5.41, 5.74) is 1.42. The predicted octanol–water partition coefficient (Wildman–Crippen LogP) is 0.533. The van der Waals surface area contributed by atoms with E-state index >= 15 is 0 Å². The normalized spacial score (nSPS) is 11.1. The van der Waals surface area contributed by atoms with Gasteiger partial charge in [0.05, 0.1) is 11.0 Å². The Labute approximate surface area is 70.2 Å². The van der Waals surface area contributed by atoms with Crippen molar-refractivity contribution in [3.63, 3.8) is 0 Å². The van der Waals surface area contributed by atoms with Gasteiger partial charge in [-0.25, -0.2) is 13.4 Å². The van der Waals surface area contributed by atoms with Crippen molar-refractivity contribution in [2.45, 2.75) is 5.16 Å². The molecule has 12 heavy (non-hydrogen) atoms. The minimum atomic E-state index is -2.61. The number of H-pyrrole nitrogens is 1. The second-order valence-electron chi connectivity index (χ2n) is 2.33. The summed E-state index contributed by atoms with van der Waals surface area (Å²) in [6, 6.07) is 7.17. The second kappa shape index (κ2) is 2.60. The highest BCUT2D eigenvalue weighted by atomic mass is 32.2. The average molecular weight is 182 g/mol. The standard InChI is InChI=1S/C7H6N2O2S/c10-12(11)7-8-5-3-1-2-4-6(5)9-7/h1-4,12H,(H,8,9). The highest BCUT2D eigenvalue weighted by molar-refractivity contribution is 7.72. The molecule has 1 aromatic carbocycles. The first-order valence-electron chi connectivity index (χ1n) is 3.36. The van der Waals surface area contributed by atoms with E-state index in [4.69, 9.17) is 0 Å². The van der Waals surface area contributed by atoms with Crippen LogP contribution in [0.15, 0.2) is 29.4 Å². The van der Waals surface area contributed by atoms with Crippen molar-refractivity contribution < 1.29 is 8.42 Å². The van der Waals surface area contributed by atoms with Crippen molar-refractivity contribution >= 4 is 21.7 Å². The van der Waals surface area contributed by atoms with Gasteiger partial charge in [-0.3, -0.25) is 0 Å². The summed E-state index contributed by atoms with van der Waals surface area (Å²) in [5, 5.41) is 0.0196. The number of rotatable bonds is 1. The molecule has 1 N–H and O–H groups in total. The molecule has 1 heterocycles. The van der Waals surface area contributed by atoms with Crippen LogP contribution in [0.3, 0.4) is 0 Å². The lowest BCUT2D eigenvalue weighted by atomic mass is 10.3. The predicted molar refractivity (Wildman–Crippen MR) is 44.7 cm³/mol. The van der Waals surface area contributed by atoms with Gasteiger partial charge in [-0.05, 0) is 12.1 Å². The number of thiol groups is 1. The maximum absolute atomic E-state index is 10.5. The van der Waals surface area contributed by atoms with Crippen LogP contribution in [0.25, 0.3) is 11.0 Å². The van der Waals surface area contributed by atoms with E-state index in [1.807, 2.05) is 12.1 Å². The molecule has 0 fully saturated rings. The maximum Gasteiger partial charge on any atom is 0.223 e. The van der Waals surface area contributed by atoms with E-state index in [0.717, 1.165) is 5.52 Å². The van der Waals surface area contributed by atoms with Crippen LogP contribution in [0.1, 0.15) is 0 Å². The molecule has 0 saturated carbocycles. The molecular weight excluding hydrogens is 176 g/mol. The maximum atomic E-state index is 10.5. The van der Waals surface area contributed by atoms with E-state index in [2.05, 4.69) is 9.97 Å². The van der Waals surface area contributed by atoms with Gasteiger partial charge >= 0.3 is 0 Å². The Morgan fingerprint density at radius 2 is 2.00 bits per heavy atom. The number of hydrogen-bond acceptors (Lipinski definition) is 3. The average Bonchev–Trinajstić information content (AvgIpc) is 2.46. The summed E-state index contributed by atoms with van der Waals surface area (Å²) < 4.78 is 21.0. The van der Waals surface area contributed by atoms with Crippen LogP contribution in [0.5, 0.6) is 0 Å². The van der Waals surface area contributed by atoms with Crippen LogP contribution < -0.4 is 0 Å². The van der Waals surface area contributed by atoms with Crippen molar-refractivity contribution in [3.8, 4) is 0 Å². The lowest BCUT2D eigenvalue weighted by Gasteiger charge is -1.81. The Hall–Kier alpha value is -1.36. The number of aromatic amines is 1. The zero-order valence-electron chi connectivity index (χ0n) is 6.02. The molecule has 5 heteroatoms. The first-order chi connectivity index (χ1) is 5.77. The molecule has 0 aliphatic carbocycles. The molecule has 0 radical (unpaired) electrons. The molecule has 0 aliphatic heterocycles. The minimum absolute atomic E-state index is 0.0196. The van der Waals surface area contributed by atoms with E-state index < -0.39 is 10.7 Å². The fourth-order valence-corrected chi connectivity index (χ4v) is 1.43. The third-order valence-electron chi connectivity index (χ3n) is 1.55. The smallest absolute Gasteiger partial charge is 0.223 e. The van der Waals surface area contributed by atoms with Gasteiger partial charge in [-0.15, -0.1) is 0 Å². The van der Waals surface area contributed by atoms with Gasteiger partial charge in [0, 0.05) is 0 Å². The highest BCUT2D eigenvalue weighted by Crippen LogP contribution is 2.10. The molecular formula is C7H6N2O2S. The number of hydrogen-bond donors (Lipinski definition) is 2. The van der Waals surface area contributed by atoms with Crippen molar-refractivity contribution in [2.75, 3.05) is 0 Å². The third-order valence-corrected chi connectivity index (χ3v) is 2.11. The van der Waals surface area contributed by atoms with Gasteiger partial charge in [-0.2, -0.15) is 0 Å². The number of aromatic nitrogens is 2. The topological polar surface area (TPSA) is 62.8 Å². The number of fused-ring (bicyclic) bond motifs is 1. The molecule has 0 spiro atoms. The van der Waals surface area contributed by atoms with Gasteiger partial charge in [0.15, 0.2) is 0 Å². The SMILES string of the molecule is O=[SH](=O)c1nc2ccccc2[nH]1. The van der Waals surface area contributed by atoms with Crippen LogP contribution in [-0.2, 0) is 10.7 Å². The quantitative estimate of drug-likeness (QED) is 0.632. The first-order valence-corrected chi connectivity index (χ1v) is 4.54.